The van der Waals surface area contributed by atoms with Crippen LogP contribution >= 0.6 is 23.2 Å². The normalized spacial score (nSPS) is 13.6. The fourth-order valence-electron chi connectivity index (χ4n) is 2.81. The topological polar surface area (TPSA) is 52.9 Å². The molecule has 1 atom stereocenters. The second-order valence-corrected chi connectivity index (χ2v) is 9.53. The zero-order valence-electron chi connectivity index (χ0n) is 14.3. The van der Waals surface area contributed by atoms with Crippen LogP contribution in [0.5, 0.6) is 0 Å². The molecule has 0 aliphatic carbocycles. The molecule has 5 heteroatoms. The fourth-order valence-corrected chi connectivity index (χ4v) is 5.62. The lowest BCUT2D eigenvalue weighted by Crippen LogP contribution is -2.41. The smallest absolute Gasteiger partial charge is 0.206 e. The number of hydrogen-bond acceptors (Lipinski definition) is 2. The summed E-state index contributed by atoms with van der Waals surface area (Å²) < 4.78 is 15.1. The molecule has 0 aliphatic heterocycles. The maximum absolute atomic E-state index is 14.2. The Morgan fingerprint density at radius 3 is 1.77 bits per heavy atom. The average molecular weight is 425 g/mol. The van der Waals surface area contributed by atoms with Crippen LogP contribution in [0.2, 0.25) is 0 Å². The van der Waals surface area contributed by atoms with E-state index < -0.39 is 12.8 Å². The summed E-state index contributed by atoms with van der Waals surface area (Å²) >= 11 is 3.41. The Kier molecular flexibility index (Phi) is 5.44. The summed E-state index contributed by atoms with van der Waals surface area (Å²) in [5.41, 5.74) is -0.350. The molecule has 0 spiro atoms. The monoisotopic (exact) mass is 424 g/mol. The Balaban J connectivity index is 2.13. The number of nitrogens with one attached hydrogen (secondary N) is 1. The van der Waals surface area contributed by atoms with E-state index >= 15 is 0 Å². The summed E-state index contributed by atoms with van der Waals surface area (Å²) in [6.45, 7) is 1.76. The minimum absolute atomic E-state index is 0.671. The summed E-state index contributed by atoms with van der Waals surface area (Å²) in [6, 6.07) is 28.3. The third-order valence-corrected chi connectivity index (χ3v) is 7.61. The quantitative estimate of drug-likeness (QED) is 0.603. The van der Waals surface area contributed by atoms with Gasteiger partial charge < -0.3 is 0 Å². The molecule has 0 aliphatic rings. The van der Waals surface area contributed by atoms with Crippen molar-refractivity contribution in [3.8, 4) is 6.07 Å². The highest BCUT2D eigenvalue weighted by Gasteiger charge is 2.37. The van der Waals surface area contributed by atoms with Crippen molar-refractivity contribution >= 4 is 33.8 Å². The van der Waals surface area contributed by atoms with Crippen molar-refractivity contribution < 1.29 is 4.57 Å². The van der Waals surface area contributed by atoms with Crippen LogP contribution in [-0.2, 0) is 10.1 Å². The molecule has 26 heavy (non-hydrogen) atoms. The molecule has 0 fully saturated rings. The first-order chi connectivity index (χ1) is 12.5. The lowest BCUT2D eigenvalue weighted by Gasteiger charge is -2.30. The third kappa shape index (κ3) is 3.66. The standard InChI is InChI=1S/C21H18BrN2OP/c1-21(16-23,17-12-14-18(22)15-13-17)24-26(25,19-8-4-2-5-9-19)20-10-6-3-7-11-20/h2-15H,1H3,(H,24,25)/t21-/m0/s1. The summed E-state index contributed by atoms with van der Waals surface area (Å²) in [5.74, 6) is 0. The molecular formula is C21H18BrN2OP. The van der Waals surface area contributed by atoms with E-state index in [1.165, 1.54) is 0 Å². The van der Waals surface area contributed by atoms with Crippen molar-refractivity contribution in [3.63, 3.8) is 0 Å². The lowest BCUT2D eigenvalue weighted by molar-refractivity contribution is 0.532. The molecule has 3 nitrogen and oxygen atoms in total. The summed E-state index contributed by atoms with van der Waals surface area (Å²) in [4.78, 5) is 0. The Labute approximate surface area is 162 Å². The van der Waals surface area contributed by atoms with E-state index in [-0.39, 0.29) is 0 Å². The molecular weight excluding hydrogens is 407 g/mol. The highest BCUT2D eigenvalue weighted by molar-refractivity contribution is 9.10. The number of hydrogen-bond donors (Lipinski definition) is 1. The van der Waals surface area contributed by atoms with Gasteiger partial charge in [-0.15, -0.1) is 0 Å². The van der Waals surface area contributed by atoms with Crippen molar-refractivity contribution in [2.45, 2.75) is 12.5 Å². The van der Waals surface area contributed by atoms with Crippen molar-refractivity contribution in [3.05, 3.63) is 95.0 Å². The van der Waals surface area contributed by atoms with Gasteiger partial charge in [-0.05, 0) is 48.9 Å². The molecule has 0 radical (unpaired) electrons. The molecule has 0 amide bonds. The third-order valence-electron chi connectivity index (χ3n) is 4.27. The van der Waals surface area contributed by atoms with E-state index in [0.29, 0.717) is 10.6 Å². The van der Waals surface area contributed by atoms with Crippen LogP contribution in [0.15, 0.2) is 89.4 Å². The van der Waals surface area contributed by atoms with Crippen LogP contribution in [0.3, 0.4) is 0 Å². The highest BCUT2D eigenvalue weighted by atomic mass is 79.9. The first kappa shape index (κ1) is 18.6. The van der Waals surface area contributed by atoms with Gasteiger partial charge in [0.05, 0.1) is 6.07 Å². The van der Waals surface area contributed by atoms with Gasteiger partial charge in [0.1, 0.15) is 5.54 Å². The van der Waals surface area contributed by atoms with Crippen LogP contribution in [0.25, 0.3) is 0 Å². The van der Waals surface area contributed by atoms with Crippen molar-refractivity contribution in [1.82, 2.24) is 5.09 Å². The molecule has 3 aromatic rings. The molecule has 0 saturated heterocycles. The lowest BCUT2D eigenvalue weighted by atomic mass is 9.95. The highest BCUT2D eigenvalue weighted by Crippen LogP contribution is 2.43. The van der Waals surface area contributed by atoms with Crippen molar-refractivity contribution in [1.29, 1.82) is 5.26 Å². The zero-order chi connectivity index (χ0) is 18.6. The number of nitriles is 1. The minimum Gasteiger partial charge on any atom is -0.296 e. The van der Waals surface area contributed by atoms with E-state index in [9.17, 15) is 9.83 Å². The van der Waals surface area contributed by atoms with Gasteiger partial charge in [-0.3, -0.25) is 4.57 Å². The fraction of sp³-hybridized carbons (Fsp3) is 0.0952. The van der Waals surface area contributed by atoms with Crippen LogP contribution in [-0.4, -0.2) is 0 Å². The average Bonchev–Trinajstić information content (AvgIpc) is 2.69. The summed E-state index contributed by atoms with van der Waals surface area (Å²) in [5, 5.41) is 14.5. The van der Waals surface area contributed by atoms with Crippen LogP contribution < -0.4 is 15.7 Å². The van der Waals surface area contributed by atoms with Gasteiger partial charge in [0.25, 0.3) is 0 Å². The SMILES string of the molecule is C[C@@](C#N)(NP(=O)(c1ccccc1)c1ccccc1)c1ccc(Br)cc1. The van der Waals surface area contributed by atoms with E-state index in [1.54, 1.807) is 6.92 Å². The number of halogens is 1. The Bertz CT molecular complexity index is 925. The molecule has 1 N–H and O–H groups in total. The number of nitrogens with zero attached hydrogens (tertiary/aromatic N) is 1. The van der Waals surface area contributed by atoms with Gasteiger partial charge >= 0.3 is 0 Å². The molecule has 3 rings (SSSR count). The predicted molar refractivity (Wildman–Crippen MR) is 110 cm³/mol. The summed E-state index contributed by atoms with van der Waals surface area (Å²) in [7, 11) is -3.22. The first-order valence-corrected chi connectivity index (χ1v) is 10.7. The van der Waals surface area contributed by atoms with E-state index in [2.05, 4.69) is 27.1 Å². The Hall–Kier alpha value is -2.18. The first-order valence-electron chi connectivity index (χ1n) is 8.16. The van der Waals surface area contributed by atoms with Crippen LogP contribution in [0.1, 0.15) is 12.5 Å². The van der Waals surface area contributed by atoms with Gasteiger partial charge in [0.2, 0.25) is 7.29 Å². The van der Waals surface area contributed by atoms with Crippen LogP contribution in [0, 0.1) is 11.3 Å². The number of benzene rings is 3. The zero-order valence-corrected chi connectivity index (χ0v) is 16.7. The van der Waals surface area contributed by atoms with Crippen molar-refractivity contribution in [2.75, 3.05) is 0 Å². The second kappa shape index (κ2) is 7.60. The molecule has 0 saturated carbocycles. The van der Waals surface area contributed by atoms with Gasteiger partial charge in [-0.25, -0.2) is 5.09 Å². The maximum atomic E-state index is 14.2. The molecule has 0 aromatic heterocycles. The van der Waals surface area contributed by atoms with Crippen LogP contribution in [0.4, 0.5) is 0 Å². The molecule has 0 unspecified atom stereocenters. The Morgan fingerprint density at radius 1 is 0.885 bits per heavy atom. The summed E-state index contributed by atoms with van der Waals surface area (Å²) in [6.07, 6.45) is 0. The van der Waals surface area contributed by atoms with E-state index in [0.717, 1.165) is 10.0 Å². The second-order valence-electron chi connectivity index (χ2n) is 6.14. The van der Waals surface area contributed by atoms with Gasteiger partial charge in [0.15, 0.2) is 0 Å². The number of rotatable bonds is 5. The van der Waals surface area contributed by atoms with E-state index in [4.69, 9.17) is 0 Å². The van der Waals surface area contributed by atoms with Gasteiger partial charge in [0, 0.05) is 15.1 Å². The molecule has 0 bridgehead atoms. The predicted octanol–water partition coefficient (Wildman–Crippen LogP) is 4.71. The maximum Gasteiger partial charge on any atom is 0.206 e. The van der Waals surface area contributed by atoms with Crippen molar-refractivity contribution in [2.24, 2.45) is 0 Å². The largest absolute Gasteiger partial charge is 0.296 e. The molecule has 0 heterocycles. The molecule has 130 valence electrons. The van der Waals surface area contributed by atoms with Gasteiger partial charge in [-0.1, -0.05) is 64.5 Å². The Morgan fingerprint density at radius 2 is 1.35 bits per heavy atom. The minimum atomic E-state index is -3.22. The molecule has 3 aromatic carbocycles. The van der Waals surface area contributed by atoms with E-state index in [1.807, 2.05) is 84.9 Å². The van der Waals surface area contributed by atoms with Gasteiger partial charge in [-0.2, -0.15) is 5.26 Å².